The Hall–Kier alpha value is -1.59. The molecule has 2 aromatic rings. The number of anilines is 2. The van der Waals surface area contributed by atoms with Gasteiger partial charge in [0.15, 0.2) is 0 Å². The van der Waals surface area contributed by atoms with Crippen molar-refractivity contribution in [3.8, 4) is 0 Å². The summed E-state index contributed by atoms with van der Waals surface area (Å²) in [6.45, 7) is 0.0199. The monoisotopic (exact) mass is 321 g/mol. The minimum atomic E-state index is -0.113. The van der Waals surface area contributed by atoms with Gasteiger partial charge in [0.25, 0.3) is 0 Å². The molecule has 1 aromatic carbocycles. The fourth-order valence-electron chi connectivity index (χ4n) is 1.83. The average Bonchev–Trinajstić information content (AvgIpc) is 2.42. The van der Waals surface area contributed by atoms with Crippen molar-refractivity contribution in [1.29, 1.82) is 0 Å². The van der Waals surface area contributed by atoms with E-state index < -0.39 is 0 Å². The molecule has 0 aliphatic rings. The summed E-state index contributed by atoms with van der Waals surface area (Å²) in [4.78, 5) is 4.21. The summed E-state index contributed by atoms with van der Waals surface area (Å²) in [6, 6.07) is 11.7. The average molecular weight is 322 g/mol. The van der Waals surface area contributed by atoms with E-state index in [2.05, 4.69) is 26.2 Å². The number of hydrogen-bond donors (Lipinski definition) is 3. The number of benzene rings is 1. The molecule has 5 heteroatoms. The molecule has 0 aliphatic carbocycles. The van der Waals surface area contributed by atoms with Gasteiger partial charge in [0, 0.05) is 10.7 Å². The summed E-state index contributed by atoms with van der Waals surface area (Å²) in [5.74, 6) is 0.596. The lowest BCUT2D eigenvalue weighted by atomic mass is 10.1. The van der Waals surface area contributed by atoms with Crippen LogP contribution in [0.3, 0.4) is 0 Å². The lowest BCUT2D eigenvalue weighted by Crippen LogP contribution is -2.27. The van der Waals surface area contributed by atoms with Crippen LogP contribution in [0.15, 0.2) is 47.1 Å². The second kappa shape index (κ2) is 6.54. The fraction of sp³-hybridized carbons (Fsp3) is 0.214. The lowest BCUT2D eigenvalue weighted by Gasteiger charge is -2.18. The van der Waals surface area contributed by atoms with Gasteiger partial charge in [0.05, 0.1) is 18.3 Å². The van der Waals surface area contributed by atoms with Gasteiger partial charge >= 0.3 is 0 Å². The standard InChI is InChI=1S/C14H16BrN3O/c15-11-7-13(16)14(17-8-11)18-12(9-19)6-10-4-2-1-3-5-10/h1-5,7-8,12,19H,6,9,16H2,(H,17,18). The fourth-order valence-corrected chi connectivity index (χ4v) is 2.18. The van der Waals surface area contributed by atoms with Crippen LogP contribution in [0.5, 0.6) is 0 Å². The molecule has 1 heterocycles. The zero-order chi connectivity index (χ0) is 13.7. The van der Waals surface area contributed by atoms with Gasteiger partial charge in [-0.1, -0.05) is 30.3 Å². The van der Waals surface area contributed by atoms with Crippen molar-refractivity contribution >= 4 is 27.4 Å². The molecule has 1 atom stereocenters. The van der Waals surface area contributed by atoms with E-state index in [4.69, 9.17) is 5.73 Å². The quantitative estimate of drug-likeness (QED) is 0.791. The Morgan fingerprint density at radius 2 is 2.05 bits per heavy atom. The zero-order valence-corrected chi connectivity index (χ0v) is 12.0. The van der Waals surface area contributed by atoms with Gasteiger partial charge in [-0.15, -0.1) is 0 Å². The molecule has 1 unspecified atom stereocenters. The molecule has 0 amide bonds. The summed E-state index contributed by atoms with van der Waals surface area (Å²) >= 11 is 3.31. The van der Waals surface area contributed by atoms with E-state index >= 15 is 0 Å². The van der Waals surface area contributed by atoms with Crippen LogP contribution in [0, 0.1) is 0 Å². The molecule has 0 fully saturated rings. The molecule has 0 bridgehead atoms. The lowest BCUT2D eigenvalue weighted by molar-refractivity contribution is 0.273. The van der Waals surface area contributed by atoms with Gasteiger partial charge in [-0.2, -0.15) is 0 Å². The summed E-state index contributed by atoms with van der Waals surface area (Å²) in [6.07, 6.45) is 2.39. The van der Waals surface area contributed by atoms with Gasteiger partial charge < -0.3 is 16.2 Å². The molecule has 0 aliphatic heterocycles. The summed E-state index contributed by atoms with van der Waals surface area (Å²) in [5.41, 5.74) is 7.59. The third-order valence-electron chi connectivity index (χ3n) is 2.77. The van der Waals surface area contributed by atoms with Crippen molar-refractivity contribution in [1.82, 2.24) is 4.98 Å². The number of halogens is 1. The van der Waals surface area contributed by atoms with E-state index in [9.17, 15) is 5.11 Å². The molecule has 0 saturated carbocycles. The van der Waals surface area contributed by atoms with E-state index in [1.54, 1.807) is 12.3 Å². The number of aromatic nitrogens is 1. The highest BCUT2D eigenvalue weighted by Gasteiger charge is 2.11. The Balaban J connectivity index is 2.06. The summed E-state index contributed by atoms with van der Waals surface area (Å²) in [5, 5.41) is 12.6. The minimum Gasteiger partial charge on any atom is -0.396 e. The minimum absolute atomic E-state index is 0.0199. The van der Waals surface area contributed by atoms with E-state index in [0.29, 0.717) is 17.9 Å². The number of aliphatic hydroxyl groups is 1. The number of nitrogens with two attached hydrogens (primary N) is 1. The van der Waals surface area contributed by atoms with Crippen molar-refractivity contribution in [2.45, 2.75) is 12.5 Å². The predicted octanol–water partition coefficient (Wildman–Crippen LogP) is 2.44. The number of rotatable bonds is 5. The van der Waals surface area contributed by atoms with Gasteiger partial charge in [-0.05, 0) is 34.0 Å². The van der Waals surface area contributed by atoms with Gasteiger partial charge in [-0.25, -0.2) is 4.98 Å². The highest BCUT2D eigenvalue weighted by Crippen LogP contribution is 2.21. The van der Waals surface area contributed by atoms with E-state index in [-0.39, 0.29) is 12.6 Å². The van der Waals surface area contributed by atoms with Crippen LogP contribution < -0.4 is 11.1 Å². The molecule has 4 N–H and O–H groups in total. The van der Waals surface area contributed by atoms with Crippen LogP contribution in [0.2, 0.25) is 0 Å². The van der Waals surface area contributed by atoms with Crippen LogP contribution in [-0.4, -0.2) is 22.7 Å². The van der Waals surface area contributed by atoms with E-state index in [0.717, 1.165) is 10.0 Å². The molecule has 19 heavy (non-hydrogen) atoms. The Morgan fingerprint density at radius 1 is 1.32 bits per heavy atom. The van der Waals surface area contributed by atoms with Gasteiger partial charge in [0.1, 0.15) is 5.82 Å². The Labute approximate surface area is 120 Å². The van der Waals surface area contributed by atoms with Crippen LogP contribution in [0.1, 0.15) is 5.56 Å². The summed E-state index contributed by atoms with van der Waals surface area (Å²) in [7, 11) is 0. The third kappa shape index (κ3) is 3.94. The second-order valence-corrected chi connectivity index (χ2v) is 5.22. The summed E-state index contributed by atoms with van der Waals surface area (Å²) < 4.78 is 0.833. The van der Waals surface area contributed by atoms with Crippen LogP contribution in [0.25, 0.3) is 0 Å². The maximum Gasteiger partial charge on any atom is 0.149 e. The smallest absolute Gasteiger partial charge is 0.149 e. The molecule has 100 valence electrons. The molecule has 1 aromatic heterocycles. The van der Waals surface area contributed by atoms with Crippen LogP contribution >= 0.6 is 15.9 Å². The predicted molar refractivity (Wildman–Crippen MR) is 81.0 cm³/mol. The number of hydrogen-bond acceptors (Lipinski definition) is 4. The number of nitrogens with zero attached hydrogens (tertiary/aromatic N) is 1. The topological polar surface area (TPSA) is 71.2 Å². The molecule has 0 saturated heterocycles. The van der Waals surface area contributed by atoms with Crippen molar-refractivity contribution in [3.63, 3.8) is 0 Å². The normalized spacial score (nSPS) is 12.1. The maximum atomic E-state index is 9.45. The molecule has 2 rings (SSSR count). The highest BCUT2D eigenvalue weighted by molar-refractivity contribution is 9.10. The molecule has 4 nitrogen and oxygen atoms in total. The zero-order valence-electron chi connectivity index (χ0n) is 10.4. The van der Waals surface area contributed by atoms with Gasteiger partial charge in [0.2, 0.25) is 0 Å². The highest BCUT2D eigenvalue weighted by atomic mass is 79.9. The number of pyridine rings is 1. The largest absolute Gasteiger partial charge is 0.396 e. The number of nitrogens with one attached hydrogen (secondary N) is 1. The third-order valence-corrected chi connectivity index (χ3v) is 3.20. The molecular weight excluding hydrogens is 306 g/mol. The Morgan fingerprint density at radius 3 is 2.68 bits per heavy atom. The van der Waals surface area contributed by atoms with Crippen LogP contribution in [-0.2, 0) is 6.42 Å². The first kappa shape index (κ1) is 13.8. The number of nitrogen functional groups attached to an aromatic ring is 1. The van der Waals surface area contributed by atoms with Crippen molar-refractivity contribution in [3.05, 3.63) is 52.6 Å². The first-order valence-electron chi connectivity index (χ1n) is 6.01. The maximum absolute atomic E-state index is 9.45. The van der Waals surface area contributed by atoms with Crippen molar-refractivity contribution in [2.75, 3.05) is 17.7 Å². The molecule has 0 spiro atoms. The first-order chi connectivity index (χ1) is 9.19. The van der Waals surface area contributed by atoms with E-state index in [1.807, 2.05) is 30.3 Å². The Kier molecular flexibility index (Phi) is 4.76. The molecule has 0 radical (unpaired) electrons. The second-order valence-electron chi connectivity index (χ2n) is 4.30. The SMILES string of the molecule is Nc1cc(Br)cnc1NC(CO)Cc1ccccc1. The van der Waals surface area contributed by atoms with Crippen LogP contribution in [0.4, 0.5) is 11.5 Å². The van der Waals surface area contributed by atoms with E-state index in [1.165, 1.54) is 0 Å². The van der Waals surface area contributed by atoms with Gasteiger partial charge in [-0.3, -0.25) is 0 Å². The molecular formula is C14H16BrN3O. The van der Waals surface area contributed by atoms with Crippen molar-refractivity contribution < 1.29 is 5.11 Å². The number of aliphatic hydroxyl groups excluding tert-OH is 1. The Bertz CT molecular complexity index is 533. The first-order valence-corrected chi connectivity index (χ1v) is 6.80. The van der Waals surface area contributed by atoms with Crippen molar-refractivity contribution in [2.24, 2.45) is 0 Å².